The van der Waals surface area contributed by atoms with Gasteiger partial charge in [-0.1, -0.05) is 18.2 Å². The lowest BCUT2D eigenvalue weighted by molar-refractivity contribution is 0.415. The van der Waals surface area contributed by atoms with Crippen molar-refractivity contribution in [2.75, 3.05) is 54.1 Å². The number of nitrogens with two attached hydrogens (primary N) is 1. The molecule has 0 amide bonds. The van der Waals surface area contributed by atoms with Gasteiger partial charge in [-0.2, -0.15) is 0 Å². The lowest BCUT2D eigenvalue weighted by Crippen LogP contribution is -2.47. The van der Waals surface area contributed by atoms with Gasteiger partial charge in [-0.15, -0.1) is 0 Å². The minimum Gasteiger partial charge on any atom is -0.497 e. The van der Waals surface area contributed by atoms with Gasteiger partial charge in [0.05, 0.1) is 18.3 Å². The average molecular weight is 428 g/mol. The predicted molar refractivity (Wildman–Crippen MR) is 129 cm³/mol. The van der Waals surface area contributed by atoms with Crippen LogP contribution < -0.4 is 25.6 Å². The molecule has 0 atom stereocenters. The van der Waals surface area contributed by atoms with Crippen LogP contribution in [0.15, 0.2) is 67.1 Å². The van der Waals surface area contributed by atoms with Crippen molar-refractivity contribution in [2.24, 2.45) is 0 Å². The summed E-state index contributed by atoms with van der Waals surface area (Å²) in [6, 6.07) is 18.1. The van der Waals surface area contributed by atoms with Crippen LogP contribution in [0.3, 0.4) is 0 Å². The standard InChI is InChI=1S/C24H25N7O/c1-32-19-9-7-18(8-10-19)30-12-14-31(15-13-30)24-21(25)23(27-16-28-24)29-20-6-2-4-17-5-3-11-26-22(17)20/h2-11,16H,12-15,25H2,1H3,(H,27,28,29). The topological polar surface area (TPSA) is 92.4 Å². The molecule has 5 rings (SSSR count). The van der Waals surface area contributed by atoms with Gasteiger partial charge in [0.2, 0.25) is 0 Å². The molecule has 1 aliphatic heterocycles. The van der Waals surface area contributed by atoms with Gasteiger partial charge in [-0.3, -0.25) is 4.98 Å². The fourth-order valence-corrected chi connectivity index (χ4v) is 4.04. The van der Waals surface area contributed by atoms with Crippen molar-refractivity contribution in [1.29, 1.82) is 0 Å². The number of pyridine rings is 1. The van der Waals surface area contributed by atoms with E-state index >= 15 is 0 Å². The number of piperazine rings is 1. The molecule has 4 aromatic rings. The second kappa shape index (κ2) is 8.58. The van der Waals surface area contributed by atoms with Crippen LogP contribution in [0.5, 0.6) is 5.75 Å². The first-order chi connectivity index (χ1) is 15.7. The van der Waals surface area contributed by atoms with Crippen LogP contribution in [0.4, 0.5) is 28.7 Å². The van der Waals surface area contributed by atoms with Crippen molar-refractivity contribution in [2.45, 2.75) is 0 Å². The van der Waals surface area contributed by atoms with E-state index in [9.17, 15) is 0 Å². The number of hydrogen-bond donors (Lipinski definition) is 2. The number of benzene rings is 2. The largest absolute Gasteiger partial charge is 0.497 e. The maximum Gasteiger partial charge on any atom is 0.159 e. The summed E-state index contributed by atoms with van der Waals surface area (Å²) < 4.78 is 5.26. The predicted octanol–water partition coefficient (Wildman–Crippen LogP) is 3.69. The van der Waals surface area contributed by atoms with Crippen LogP contribution in [0.2, 0.25) is 0 Å². The summed E-state index contributed by atoms with van der Waals surface area (Å²) in [5.41, 5.74) is 9.98. The van der Waals surface area contributed by atoms with Crippen LogP contribution in [0.25, 0.3) is 10.9 Å². The van der Waals surface area contributed by atoms with Crippen molar-refractivity contribution in [3.05, 3.63) is 67.1 Å². The Morgan fingerprint density at radius 1 is 0.875 bits per heavy atom. The van der Waals surface area contributed by atoms with E-state index in [0.717, 1.165) is 54.3 Å². The number of para-hydroxylation sites is 1. The fraction of sp³-hybridized carbons (Fsp3) is 0.208. The number of rotatable bonds is 5. The maximum absolute atomic E-state index is 6.51. The monoisotopic (exact) mass is 427 g/mol. The highest BCUT2D eigenvalue weighted by molar-refractivity contribution is 5.93. The molecule has 2 aromatic carbocycles. The van der Waals surface area contributed by atoms with Gasteiger partial charge in [0.25, 0.3) is 0 Å². The van der Waals surface area contributed by atoms with E-state index in [1.54, 1.807) is 19.6 Å². The second-order valence-corrected chi connectivity index (χ2v) is 7.64. The molecule has 8 heteroatoms. The van der Waals surface area contributed by atoms with E-state index in [2.05, 4.69) is 42.2 Å². The Hall–Kier alpha value is -4.07. The molecule has 8 nitrogen and oxygen atoms in total. The van der Waals surface area contributed by atoms with Gasteiger partial charge in [-0.25, -0.2) is 9.97 Å². The highest BCUT2D eigenvalue weighted by Crippen LogP contribution is 2.31. The Morgan fingerprint density at radius 2 is 1.62 bits per heavy atom. The first-order valence-electron chi connectivity index (χ1n) is 10.6. The van der Waals surface area contributed by atoms with Crippen LogP contribution in [-0.4, -0.2) is 48.2 Å². The molecule has 1 saturated heterocycles. The number of methoxy groups -OCH3 is 1. The number of anilines is 5. The molecule has 0 unspecified atom stereocenters. The van der Waals surface area contributed by atoms with E-state index in [1.165, 1.54) is 5.69 Å². The SMILES string of the molecule is COc1ccc(N2CCN(c3ncnc(Nc4cccc5cccnc45)c3N)CC2)cc1. The van der Waals surface area contributed by atoms with E-state index in [-0.39, 0.29) is 0 Å². The minimum atomic E-state index is 0.540. The third-order valence-corrected chi connectivity index (χ3v) is 5.77. The zero-order valence-corrected chi connectivity index (χ0v) is 17.9. The smallest absolute Gasteiger partial charge is 0.159 e. The molecule has 0 saturated carbocycles. The number of aromatic nitrogens is 3. The molecule has 1 fully saturated rings. The molecule has 0 aliphatic carbocycles. The normalized spacial score (nSPS) is 13.9. The number of nitrogens with zero attached hydrogens (tertiary/aromatic N) is 5. The number of ether oxygens (including phenoxy) is 1. The van der Waals surface area contributed by atoms with Gasteiger partial charge in [0, 0.05) is 43.4 Å². The van der Waals surface area contributed by atoms with Crippen molar-refractivity contribution >= 4 is 39.6 Å². The molecule has 3 N–H and O–H groups in total. The van der Waals surface area contributed by atoms with E-state index in [1.807, 2.05) is 42.5 Å². The Labute approximate surface area is 186 Å². The van der Waals surface area contributed by atoms with Crippen LogP contribution in [0, 0.1) is 0 Å². The maximum atomic E-state index is 6.51. The summed E-state index contributed by atoms with van der Waals surface area (Å²) >= 11 is 0. The van der Waals surface area contributed by atoms with E-state index < -0.39 is 0 Å². The molecular weight excluding hydrogens is 402 g/mol. The molecule has 1 aliphatic rings. The lowest BCUT2D eigenvalue weighted by atomic mass is 10.2. The molecule has 2 aromatic heterocycles. The fourth-order valence-electron chi connectivity index (χ4n) is 4.04. The Kier molecular flexibility index (Phi) is 5.33. The summed E-state index contributed by atoms with van der Waals surface area (Å²) in [6.07, 6.45) is 3.34. The summed E-state index contributed by atoms with van der Waals surface area (Å²) in [5.74, 6) is 2.21. The second-order valence-electron chi connectivity index (χ2n) is 7.64. The number of nitrogen functional groups attached to an aromatic ring is 1. The molecular formula is C24H25N7O. The van der Waals surface area contributed by atoms with E-state index in [0.29, 0.717) is 11.5 Å². The zero-order valence-electron chi connectivity index (χ0n) is 17.9. The third-order valence-electron chi connectivity index (χ3n) is 5.77. The lowest BCUT2D eigenvalue weighted by Gasteiger charge is -2.37. The van der Waals surface area contributed by atoms with E-state index in [4.69, 9.17) is 10.5 Å². The number of fused-ring (bicyclic) bond motifs is 1. The first kappa shape index (κ1) is 19.9. The molecule has 0 bridgehead atoms. The van der Waals surface area contributed by atoms with Gasteiger partial charge in [0.1, 0.15) is 17.8 Å². The minimum absolute atomic E-state index is 0.540. The average Bonchev–Trinajstić information content (AvgIpc) is 2.86. The Bertz CT molecular complexity index is 1220. The molecule has 32 heavy (non-hydrogen) atoms. The summed E-state index contributed by atoms with van der Waals surface area (Å²) in [7, 11) is 1.68. The summed E-state index contributed by atoms with van der Waals surface area (Å²) in [6.45, 7) is 3.41. The molecule has 162 valence electrons. The quantitative estimate of drug-likeness (QED) is 0.498. The summed E-state index contributed by atoms with van der Waals surface area (Å²) in [4.78, 5) is 17.9. The number of nitrogens with one attached hydrogen (secondary N) is 1. The van der Waals surface area contributed by atoms with Crippen LogP contribution in [-0.2, 0) is 0 Å². The Balaban J connectivity index is 1.33. The van der Waals surface area contributed by atoms with Crippen molar-refractivity contribution < 1.29 is 4.74 Å². The third kappa shape index (κ3) is 3.82. The molecule has 0 radical (unpaired) electrons. The highest BCUT2D eigenvalue weighted by Gasteiger charge is 2.22. The first-order valence-corrected chi connectivity index (χ1v) is 10.6. The van der Waals surface area contributed by atoms with Gasteiger partial charge in [-0.05, 0) is 36.4 Å². The number of hydrogen-bond acceptors (Lipinski definition) is 8. The van der Waals surface area contributed by atoms with Crippen LogP contribution in [0.1, 0.15) is 0 Å². The van der Waals surface area contributed by atoms with Crippen molar-refractivity contribution in [1.82, 2.24) is 15.0 Å². The molecule has 3 heterocycles. The van der Waals surface area contributed by atoms with Crippen molar-refractivity contribution in [3.63, 3.8) is 0 Å². The van der Waals surface area contributed by atoms with Gasteiger partial charge >= 0.3 is 0 Å². The van der Waals surface area contributed by atoms with Crippen molar-refractivity contribution in [3.8, 4) is 5.75 Å². The van der Waals surface area contributed by atoms with Crippen LogP contribution >= 0.6 is 0 Å². The Morgan fingerprint density at radius 3 is 2.41 bits per heavy atom. The highest BCUT2D eigenvalue weighted by atomic mass is 16.5. The summed E-state index contributed by atoms with van der Waals surface area (Å²) in [5, 5.41) is 4.41. The zero-order chi connectivity index (χ0) is 21.9. The molecule has 0 spiro atoms. The van der Waals surface area contributed by atoms with Gasteiger partial charge in [0.15, 0.2) is 11.6 Å². The van der Waals surface area contributed by atoms with Gasteiger partial charge < -0.3 is 25.6 Å².